The molecule has 0 aromatic carbocycles. The molecule has 0 spiro atoms. The molecule has 1 unspecified atom stereocenters. The van der Waals surface area contributed by atoms with Crippen LogP contribution >= 0.6 is 7.82 Å². The number of phosphoric ester groups is 1. The standard InChI is InChI=1S/C55H112NO7P/c1-4-7-10-13-16-19-22-25-28-31-34-37-40-43-46-53(47-44-41-38-35-32-29-26-23-20-17-14-11-8-5-2)55(57)61-51-54(52-63-64(58,59)62-50-48-56)60-49-45-42-39-36-33-30-27-24-21-18-15-12-9-6-3/h53-54H,4-52,56H2,1-3H3,(H,58,59)/t54-/m1/s1. The molecule has 8 nitrogen and oxygen atoms in total. The molecule has 0 amide bonds. The molecule has 0 rings (SSSR count). The van der Waals surface area contributed by atoms with Crippen molar-refractivity contribution in [3.8, 4) is 0 Å². The van der Waals surface area contributed by atoms with Crippen molar-refractivity contribution < 1.29 is 32.8 Å². The second-order valence-corrected chi connectivity index (χ2v) is 21.0. The third-order valence-electron chi connectivity index (χ3n) is 13.2. The van der Waals surface area contributed by atoms with Crippen LogP contribution in [0.4, 0.5) is 0 Å². The largest absolute Gasteiger partial charge is 0.472 e. The molecule has 2 atom stereocenters. The van der Waals surface area contributed by atoms with E-state index in [1.807, 2.05) is 0 Å². The van der Waals surface area contributed by atoms with Gasteiger partial charge >= 0.3 is 13.8 Å². The van der Waals surface area contributed by atoms with Gasteiger partial charge in [-0.1, -0.05) is 284 Å². The Morgan fingerprint density at radius 1 is 0.422 bits per heavy atom. The summed E-state index contributed by atoms with van der Waals surface area (Å²) in [5.41, 5.74) is 5.48. The minimum absolute atomic E-state index is 0.00229. The van der Waals surface area contributed by atoms with E-state index in [1.165, 1.54) is 231 Å². The van der Waals surface area contributed by atoms with E-state index in [4.69, 9.17) is 24.3 Å². The van der Waals surface area contributed by atoms with Gasteiger partial charge in [0.05, 0.1) is 19.1 Å². The van der Waals surface area contributed by atoms with Crippen LogP contribution in [0.1, 0.15) is 303 Å². The number of rotatable bonds is 55. The first-order valence-corrected chi connectivity index (χ1v) is 30.0. The summed E-state index contributed by atoms with van der Waals surface area (Å²) in [6.45, 7) is 7.18. The summed E-state index contributed by atoms with van der Waals surface area (Å²) in [5, 5.41) is 0. The molecule has 0 aromatic rings. The zero-order valence-electron chi connectivity index (χ0n) is 43.2. The van der Waals surface area contributed by atoms with Gasteiger partial charge in [-0.15, -0.1) is 0 Å². The normalized spacial score (nSPS) is 13.2. The highest BCUT2D eigenvalue weighted by Gasteiger charge is 2.26. The number of unbranched alkanes of at least 4 members (excludes halogenated alkanes) is 39. The lowest BCUT2D eigenvalue weighted by molar-refractivity contribution is -0.154. The summed E-state index contributed by atoms with van der Waals surface area (Å²) >= 11 is 0. The van der Waals surface area contributed by atoms with E-state index in [0.717, 1.165) is 51.4 Å². The van der Waals surface area contributed by atoms with Crippen LogP contribution < -0.4 is 5.73 Å². The number of esters is 1. The summed E-state index contributed by atoms with van der Waals surface area (Å²) in [5.74, 6) is -0.292. The van der Waals surface area contributed by atoms with Gasteiger partial charge in [0.1, 0.15) is 12.7 Å². The van der Waals surface area contributed by atoms with Gasteiger partial charge in [-0.25, -0.2) is 4.57 Å². The number of hydrogen-bond acceptors (Lipinski definition) is 7. The Bertz CT molecular complexity index is 939. The molecule has 64 heavy (non-hydrogen) atoms. The number of ether oxygens (including phenoxy) is 2. The summed E-state index contributed by atoms with van der Waals surface area (Å²) in [7, 11) is -4.28. The first-order valence-electron chi connectivity index (χ1n) is 28.5. The molecule has 0 bridgehead atoms. The zero-order chi connectivity index (χ0) is 46.7. The Morgan fingerprint density at radius 2 is 0.719 bits per heavy atom. The maximum absolute atomic E-state index is 13.7. The van der Waals surface area contributed by atoms with E-state index < -0.39 is 13.9 Å². The van der Waals surface area contributed by atoms with Crippen molar-refractivity contribution in [2.75, 3.05) is 33.0 Å². The first kappa shape index (κ1) is 63.5. The van der Waals surface area contributed by atoms with Crippen molar-refractivity contribution in [1.29, 1.82) is 0 Å². The van der Waals surface area contributed by atoms with Gasteiger partial charge in [0.2, 0.25) is 0 Å². The monoisotopic (exact) mass is 930 g/mol. The summed E-state index contributed by atoms with van der Waals surface area (Å²) in [4.78, 5) is 23.8. The van der Waals surface area contributed by atoms with Crippen LogP contribution in [0.15, 0.2) is 0 Å². The minimum Gasteiger partial charge on any atom is -0.463 e. The number of phosphoric acid groups is 1. The Hall–Kier alpha value is -0.500. The molecule has 0 radical (unpaired) electrons. The van der Waals surface area contributed by atoms with Gasteiger partial charge in [-0.05, 0) is 19.3 Å². The number of carbonyl (C=O) groups excluding carboxylic acids is 1. The van der Waals surface area contributed by atoms with E-state index in [1.54, 1.807) is 0 Å². The molecule has 0 aliphatic heterocycles. The van der Waals surface area contributed by atoms with E-state index in [2.05, 4.69) is 20.8 Å². The SMILES string of the molecule is CCCCCCCCCCCCCCCCO[C@H](COC(=O)C(CCCCCCCCCCCCCCCC)CCCCCCCCCCCCCCCC)COP(=O)(O)OCCN. The Morgan fingerprint density at radius 3 is 1.03 bits per heavy atom. The highest BCUT2D eigenvalue weighted by Crippen LogP contribution is 2.43. The van der Waals surface area contributed by atoms with Crippen LogP contribution in [0.5, 0.6) is 0 Å². The van der Waals surface area contributed by atoms with Crippen LogP contribution in [-0.4, -0.2) is 49.9 Å². The molecule has 0 fully saturated rings. The molecule has 3 N–H and O–H groups in total. The molecular weight excluding hydrogens is 818 g/mol. The van der Waals surface area contributed by atoms with E-state index in [9.17, 15) is 14.3 Å². The molecule has 0 aromatic heterocycles. The average molecular weight is 930 g/mol. The fourth-order valence-electron chi connectivity index (χ4n) is 8.92. The number of carbonyl (C=O) groups is 1. The van der Waals surface area contributed by atoms with Crippen LogP contribution in [0.2, 0.25) is 0 Å². The number of hydrogen-bond donors (Lipinski definition) is 2. The average Bonchev–Trinajstić information content (AvgIpc) is 3.29. The molecule has 384 valence electrons. The lowest BCUT2D eigenvalue weighted by Crippen LogP contribution is -2.29. The van der Waals surface area contributed by atoms with Crippen LogP contribution in [0.3, 0.4) is 0 Å². The van der Waals surface area contributed by atoms with Crippen molar-refractivity contribution >= 4 is 13.8 Å². The van der Waals surface area contributed by atoms with Gasteiger partial charge in [0.15, 0.2) is 0 Å². The third-order valence-corrected chi connectivity index (χ3v) is 14.2. The summed E-state index contributed by atoms with van der Waals surface area (Å²) in [6.07, 6.45) is 55.9. The van der Waals surface area contributed by atoms with E-state index in [0.29, 0.717) is 6.61 Å². The number of nitrogens with two attached hydrogens (primary N) is 1. The fourth-order valence-corrected chi connectivity index (χ4v) is 9.68. The first-order chi connectivity index (χ1) is 31.4. The van der Waals surface area contributed by atoms with Gasteiger partial charge < -0.3 is 20.1 Å². The molecule has 0 aliphatic carbocycles. The lowest BCUT2D eigenvalue weighted by Gasteiger charge is -2.22. The minimum atomic E-state index is -4.28. The van der Waals surface area contributed by atoms with Crippen molar-refractivity contribution in [3.63, 3.8) is 0 Å². The predicted molar refractivity (Wildman–Crippen MR) is 275 cm³/mol. The van der Waals surface area contributed by atoms with E-state index >= 15 is 0 Å². The van der Waals surface area contributed by atoms with E-state index in [-0.39, 0.29) is 38.3 Å². The molecule has 0 saturated carbocycles. The fraction of sp³-hybridized carbons (Fsp3) is 0.982. The van der Waals surface area contributed by atoms with Gasteiger partial charge in [-0.3, -0.25) is 13.8 Å². The van der Waals surface area contributed by atoms with Crippen LogP contribution in [-0.2, 0) is 27.9 Å². The third kappa shape index (κ3) is 48.0. The quantitative estimate of drug-likeness (QED) is 0.0352. The van der Waals surface area contributed by atoms with Crippen molar-refractivity contribution in [2.24, 2.45) is 11.7 Å². The van der Waals surface area contributed by atoms with Crippen molar-refractivity contribution in [1.82, 2.24) is 0 Å². The molecular formula is C55H112NO7P. The molecule has 0 aliphatic rings. The predicted octanol–water partition coefficient (Wildman–Crippen LogP) is 17.8. The Kier molecular flexibility index (Phi) is 51.5. The molecule has 9 heteroatoms. The highest BCUT2D eigenvalue weighted by atomic mass is 31.2. The molecule has 0 saturated heterocycles. The van der Waals surface area contributed by atoms with Gasteiger partial charge in [0, 0.05) is 13.2 Å². The maximum Gasteiger partial charge on any atom is 0.472 e. The van der Waals surface area contributed by atoms with Gasteiger partial charge in [-0.2, -0.15) is 0 Å². The van der Waals surface area contributed by atoms with Crippen molar-refractivity contribution in [2.45, 2.75) is 309 Å². The smallest absolute Gasteiger partial charge is 0.463 e. The topological polar surface area (TPSA) is 117 Å². The zero-order valence-corrected chi connectivity index (χ0v) is 44.1. The van der Waals surface area contributed by atoms with Gasteiger partial charge in [0.25, 0.3) is 0 Å². The molecule has 0 heterocycles. The second-order valence-electron chi connectivity index (χ2n) is 19.6. The highest BCUT2D eigenvalue weighted by molar-refractivity contribution is 7.47. The van der Waals surface area contributed by atoms with Crippen molar-refractivity contribution in [3.05, 3.63) is 0 Å². The maximum atomic E-state index is 13.7. The second kappa shape index (κ2) is 51.9. The Labute approximate surface area is 399 Å². The Balaban J connectivity index is 4.83. The summed E-state index contributed by atoms with van der Waals surface area (Å²) < 4.78 is 34.8. The van der Waals surface area contributed by atoms with Crippen LogP contribution in [0, 0.1) is 5.92 Å². The lowest BCUT2D eigenvalue weighted by atomic mass is 9.94. The summed E-state index contributed by atoms with van der Waals surface area (Å²) in [6, 6.07) is 0. The van der Waals surface area contributed by atoms with Crippen LogP contribution in [0.25, 0.3) is 0 Å².